The predicted octanol–water partition coefficient (Wildman–Crippen LogP) is 4.44. The second kappa shape index (κ2) is 7.04. The van der Waals surface area contributed by atoms with Crippen molar-refractivity contribution in [1.29, 1.82) is 0 Å². The number of fused-ring (bicyclic) bond motifs is 1. The van der Waals surface area contributed by atoms with Crippen LogP contribution in [-0.2, 0) is 0 Å². The van der Waals surface area contributed by atoms with Crippen LogP contribution in [-0.4, -0.2) is 17.9 Å². The van der Waals surface area contributed by atoms with E-state index >= 15 is 0 Å². The average molecular weight is 350 g/mol. The molecule has 2 amide bonds. The van der Waals surface area contributed by atoms with Crippen LogP contribution in [0.3, 0.4) is 0 Å². The summed E-state index contributed by atoms with van der Waals surface area (Å²) in [7, 11) is 0. The molecule has 0 saturated carbocycles. The van der Waals surface area contributed by atoms with E-state index in [1.54, 1.807) is 24.3 Å². The smallest absolute Gasteiger partial charge is 0.291 e. The van der Waals surface area contributed by atoms with Gasteiger partial charge in [-0.05, 0) is 45.4 Å². The number of anilines is 1. The molecule has 134 valence electrons. The number of rotatable bonds is 4. The van der Waals surface area contributed by atoms with Gasteiger partial charge in [0.1, 0.15) is 5.58 Å². The Kier molecular flexibility index (Phi) is 4.80. The van der Waals surface area contributed by atoms with E-state index in [2.05, 4.69) is 10.6 Å². The first-order chi connectivity index (χ1) is 12.4. The zero-order valence-electron chi connectivity index (χ0n) is 15.3. The van der Waals surface area contributed by atoms with Crippen LogP contribution in [0.4, 0.5) is 5.69 Å². The summed E-state index contributed by atoms with van der Waals surface area (Å²) in [5.41, 5.74) is 3.33. The number of benzene rings is 2. The number of aryl methyl sites for hydroxylation is 2. The van der Waals surface area contributed by atoms with Gasteiger partial charge in [0, 0.05) is 17.0 Å². The maximum absolute atomic E-state index is 12.8. The van der Waals surface area contributed by atoms with Gasteiger partial charge in [-0.25, -0.2) is 0 Å². The number of hydrogen-bond acceptors (Lipinski definition) is 3. The Morgan fingerprint density at radius 2 is 1.69 bits per heavy atom. The minimum Gasteiger partial charge on any atom is -0.450 e. The van der Waals surface area contributed by atoms with Crippen molar-refractivity contribution in [2.24, 2.45) is 0 Å². The van der Waals surface area contributed by atoms with Crippen molar-refractivity contribution in [2.75, 3.05) is 5.32 Å². The Morgan fingerprint density at radius 1 is 0.962 bits per heavy atom. The van der Waals surface area contributed by atoms with E-state index in [4.69, 9.17) is 4.42 Å². The van der Waals surface area contributed by atoms with Crippen LogP contribution < -0.4 is 10.6 Å². The summed E-state index contributed by atoms with van der Waals surface area (Å²) in [5.74, 6) is -0.343. The summed E-state index contributed by atoms with van der Waals surface area (Å²) in [6, 6.07) is 12.7. The van der Waals surface area contributed by atoms with E-state index in [-0.39, 0.29) is 23.6 Å². The first-order valence-corrected chi connectivity index (χ1v) is 8.58. The lowest BCUT2D eigenvalue weighted by Crippen LogP contribution is -2.31. The number of carbonyl (C=O) groups excluding carboxylic acids is 2. The highest BCUT2D eigenvalue weighted by Gasteiger charge is 2.20. The van der Waals surface area contributed by atoms with Gasteiger partial charge < -0.3 is 15.1 Å². The summed E-state index contributed by atoms with van der Waals surface area (Å²) in [4.78, 5) is 25.1. The minimum absolute atomic E-state index is 0.00634. The topological polar surface area (TPSA) is 71.3 Å². The summed E-state index contributed by atoms with van der Waals surface area (Å²) in [5, 5.41) is 6.57. The molecule has 0 aliphatic carbocycles. The molecule has 3 rings (SSSR count). The molecule has 0 fully saturated rings. The normalized spacial score (nSPS) is 11.0. The monoisotopic (exact) mass is 350 g/mol. The van der Waals surface area contributed by atoms with Gasteiger partial charge in [-0.1, -0.05) is 30.3 Å². The molecule has 0 aliphatic heterocycles. The van der Waals surface area contributed by atoms with Crippen molar-refractivity contribution in [3.63, 3.8) is 0 Å². The van der Waals surface area contributed by atoms with E-state index < -0.39 is 0 Å². The zero-order valence-corrected chi connectivity index (χ0v) is 15.3. The molecule has 0 aliphatic rings. The Morgan fingerprint density at radius 3 is 2.38 bits per heavy atom. The maximum atomic E-state index is 12.8. The highest BCUT2D eigenvalue weighted by atomic mass is 16.3. The van der Waals surface area contributed by atoms with E-state index in [0.717, 1.165) is 16.5 Å². The molecule has 26 heavy (non-hydrogen) atoms. The highest BCUT2D eigenvalue weighted by molar-refractivity contribution is 6.10. The molecule has 0 bridgehead atoms. The lowest BCUT2D eigenvalue weighted by Gasteiger charge is -2.12. The maximum Gasteiger partial charge on any atom is 0.291 e. The van der Waals surface area contributed by atoms with Gasteiger partial charge in [-0.2, -0.15) is 0 Å². The zero-order chi connectivity index (χ0) is 18.8. The van der Waals surface area contributed by atoms with Crippen molar-refractivity contribution in [3.05, 3.63) is 64.9 Å². The number of hydrogen-bond donors (Lipinski definition) is 2. The van der Waals surface area contributed by atoms with Gasteiger partial charge in [0.05, 0.1) is 11.3 Å². The van der Waals surface area contributed by atoms with Crippen LogP contribution in [0.15, 0.2) is 46.9 Å². The molecule has 0 saturated heterocycles. The van der Waals surface area contributed by atoms with Crippen LogP contribution in [0.25, 0.3) is 11.0 Å². The third kappa shape index (κ3) is 3.33. The van der Waals surface area contributed by atoms with Gasteiger partial charge in [0.15, 0.2) is 5.76 Å². The first kappa shape index (κ1) is 17.7. The van der Waals surface area contributed by atoms with E-state index in [0.29, 0.717) is 16.8 Å². The van der Waals surface area contributed by atoms with Crippen LogP contribution >= 0.6 is 0 Å². The largest absolute Gasteiger partial charge is 0.450 e. The Balaban J connectivity index is 1.93. The minimum atomic E-state index is -0.372. The van der Waals surface area contributed by atoms with Crippen LogP contribution in [0.5, 0.6) is 0 Å². The lowest BCUT2D eigenvalue weighted by molar-refractivity contribution is 0.0944. The van der Waals surface area contributed by atoms with Crippen molar-refractivity contribution < 1.29 is 14.0 Å². The number of furan rings is 1. The Hall–Kier alpha value is -3.08. The van der Waals surface area contributed by atoms with Gasteiger partial charge in [0.25, 0.3) is 11.8 Å². The molecule has 1 heterocycles. The predicted molar refractivity (Wildman–Crippen MR) is 103 cm³/mol. The van der Waals surface area contributed by atoms with Crippen molar-refractivity contribution in [2.45, 2.75) is 33.7 Å². The van der Waals surface area contributed by atoms with Gasteiger partial charge in [-0.3, -0.25) is 9.59 Å². The fraction of sp³-hybridized carbons (Fsp3) is 0.238. The molecule has 0 radical (unpaired) electrons. The van der Waals surface area contributed by atoms with Crippen LogP contribution in [0.2, 0.25) is 0 Å². The van der Waals surface area contributed by atoms with Gasteiger partial charge in [0.2, 0.25) is 0 Å². The number of para-hydroxylation sites is 2. The molecule has 5 nitrogen and oxygen atoms in total. The first-order valence-electron chi connectivity index (χ1n) is 8.58. The number of carbonyl (C=O) groups is 2. The van der Waals surface area contributed by atoms with Crippen molar-refractivity contribution >= 4 is 28.5 Å². The molecule has 0 unspecified atom stereocenters. The summed E-state index contributed by atoms with van der Waals surface area (Å²) in [6.45, 7) is 7.58. The molecule has 3 aromatic rings. The molecule has 2 aromatic carbocycles. The third-order valence-corrected chi connectivity index (χ3v) is 4.21. The second-order valence-corrected chi connectivity index (χ2v) is 6.64. The van der Waals surface area contributed by atoms with E-state index in [1.807, 2.05) is 45.9 Å². The Labute approximate surface area is 152 Å². The number of amides is 2. The molecule has 1 aromatic heterocycles. The summed E-state index contributed by atoms with van der Waals surface area (Å²) in [6.07, 6.45) is 0. The SMILES string of the molecule is Cc1c(C(=O)Nc2ccccc2C(=O)NC(C)C)oc2c(C)cccc12. The molecular weight excluding hydrogens is 328 g/mol. The third-order valence-electron chi connectivity index (χ3n) is 4.21. The standard InChI is InChI=1S/C21H22N2O3/c1-12(2)22-20(24)16-9-5-6-11-17(16)23-21(25)19-14(4)15-10-7-8-13(3)18(15)26-19/h5-12H,1-4H3,(H,22,24)(H,23,25). The summed E-state index contributed by atoms with van der Waals surface area (Å²) >= 11 is 0. The van der Waals surface area contributed by atoms with E-state index in [9.17, 15) is 9.59 Å². The van der Waals surface area contributed by atoms with Gasteiger partial charge >= 0.3 is 0 Å². The lowest BCUT2D eigenvalue weighted by atomic mass is 10.1. The van der Waals surface area contributed by atoms with Crippen molar-refractivity contribution in [3.8, 4) is 0 Å². The fourth-order valence-corrected chi connectivity index (χ4v) is 2.91. The average Bonchev–Trinajstić information content (AvgIpc) is 2.93. The van der Waals surface area contributed by atoms with Crippen LogP contribution in [0.1, 0.15) is 45.9 Å². The quantitative estimate of drug-likeness (QED) is 0.731. The fourth-order valence-electron chi connectivity index (χ4n) is 2.91. The summed E-state index contributed by atoms with van der Waals surface area (Å²) < 4.78 is 5.82. The van der Waals surface area contributed by atoms with E-state index in [1.165, 1.54) is 0 Å². The van der Waals surface area contributed by atoms with Gasteiger partial charge in [-0.15, -0.1) is 0 Å². The van der Waals surface area contributed by atoms with Crippen molar-refractivity contribution in [1.82, 2.24) is 5.32 Å². The number of nitrogens with one attached hydrogen (secondary N) is 2. The highest BCUT2D eigenvalue weighted by Crippen LogP contribution is 2.28. The molecular formula is C21H22N2O3. The molecule has 0 spiro atoms. The van der Waals surface area contributed by atoms with Crippen LogP contribution in [0, 0.1) is 13.8 Å². The molecule has 2 N–H and O–H groups in total. The second-order valence-electron chi connectivity index (χ2n) is 6.64. The molecule has 5 heteroatoms. The Bertz CT molecular complexity index is 986. The molecule has 0 atom stereocenters.